The van der Waals surface area contributed by atoms with E-state index in [0.29, 0.717) is 24.3 Å². The molecule has 2 aromatic rings. The summed E-state index contributed by atoms with van der Waals surface area (Å²) < 4.78 is 6.01. The highest BCUT2D eigenvalue weighted by atomic mass is 16.3. The molecule has 1 aromatic carbocycles. The van der Waals surface area contributed by atoms with Crippen molar-refractivity contribution in [2.45, 2.75) is 20.3 Å². The highest BCUT2D eigenvalue weighted by Crippen LogP contribution is 2.33. The van der Waals surface area contributed by atoms with Gasteiger partial charge in [0.25, 0.3) is 0 Å². The Morgan fingerprint density at radius 3 is 2.88 bits per heavy atom. The van der Waals surface area contributed by atoms with E-state index < -0.39 is 5.91 Å². The van der Waals surface area contributed by atoms with Crippen molar-refractivity contribution in [1.29, 1.82) is 0 Å². The van der Waals surface area contributed by atoms with E-state index in [0.717, 1.165) is 22.1 Å². The van der Waals surface area contributed by atoms with Crippen LogP contribution in [-0.2, 0) is 11.2 Å². The fourth-order valence-electron chi connectivity index (χ4n) is 2.84. The smallest absolute Gasteiger partial charge is 0.322 e. The molecule has 6 heteroatoms. The lowest BCUT2D eigenvalue weighted by atomic mass is 10.0. The average Bonchev–Trinajstić information content (AvgIpc) is 2.94. The number of hydrogen-bond donors (Lipinski definition) is 1. The molecule has 0 aliphatic carbocycles. The molecule has 0 spiro atoms. The molecule has 2 heterocycles. The zero-order chi connectivity index (χ0) is 17.3. The van der Waals surface area contributed by atoms with Gasteiger partial charge in [0.1, 0.15) is 22.7 Å². The Balaban J connectivity index is 2.24. The van der Waals surface area contributed by atoms with Gasteiger partial charge >= 0.3 is 5.91 Å². The minimum absolute atomic E-state index is 0.222. The molecular weight excluding hydrogens is 308 g/mol. The van der Waals surface area contributed by atoms with Crippen molar-refractivity contribution in [2.75, 3.05) is 6.54 Å². The molecule has 0 radical (unpaired) electrons. The Morgan fingerprint density at radius 1 is 1.33 bits per heavy atom. The van der Waals surface area contributed by atoms with Gasteiger partial charge in [0.05, 0.1) is 0 Å². The van der Waals surface area contributed by atoms with Crippen LogP contribution in [0.15, 0.2) is 50.2 Å². The van der Waals surface area contributed by atoms with Crippen molar-refractivity contribution in [3.05, 3.63) is 57.4 Å². The molecule has 6 nitrogen and oxygen atoms in total. The maximum atomic E-state index is 11.5. The van der Waals surface area contributed by atoms with Crippen molar-refractivity contribution in [1.82, 2.24) is 0 Å². The van der Waals surface area contributed by atoms with Gasteiger partial charge in [-0.15, -0.1) is 4.91 Å². The Bertz CT molecular complexity index is 932. The number of benzene rings is 1. The SMILES string of the molecule is C/C1=C\C(O)=C(C(=O)N=O)C=NCCc2c1oc1c(C)cccc21. The first-order valence-electron chi connectivity index (χ1n) is 7.53. The molecule has 1 aliphatic heterocycles. The Labute approximate surface area is 138 Å². The van der Waals surface area contributed by atoms with Gasteiger partial charge < -0.3 is 9.52 Å². The zero-order valence-corrected chi connectivity index (χ0v) is 13.4. The average molecular weight is 324 g/mol. The van der Waals surface area contributed by atoms with E-state index >= 15 is 0 Å². The summed E-state index contributed by atoms with van der Waals surface area (Å²) in [4.78, 5) is 26.2. The molecule has 0 fully saturated rings. The largest absolute Gasteiger partial charge is 0.507 e. The number of carbonyl (C=O) groups is 1. The molecule has 1 aliphatic rings. The number of aliphatic imine (C=N–C) groups is 1. The fourth-order valence-corrected chi connectivity index (χ4v) is 2.84. The topological polar surface area (TPSA) is 92.2 Å². The lowest BCUT2D eigenvalue weighted by Gasteiger charge is -2.06. The van der Waals surface area contributed by atoms with Gasteiger partial charge in [0.15, 0.2) is 0 Å². The van der Waals surface area contributed by atoms with Crippen LogP contribution in [0.2, 0.25) is 0 Å². The normalized spacial score (nSPS) is 17.3. The number of nitrogens with zero attached hydrogens (tertiary/aromatic N) is 2. The minimum Gasteiger partial charge on any atom is -0.507 e. The van der Waals surface area contributed by atoms with Crippen LogP contribution >= 0.6 is 0 Å². The number of allylic oxidation sites excluding steroid dienone is 2. The number of amides is 1. The van der Waals surface area contributed by atoms with E-state index in [1.807, 2.05) is 25.1 Å². The van der Waals surface area contributed by atoms with Gasteiger partial charge in [-0.3, -0.25) is 9.79 Å². The van der Waals surface area contributed by atoms with Gasteiger partial charge in [-0.1, -0.05) is 18.2 Å². The number of aliphatic hydroxyl groups excluding tert-OH is 1. The van der Waals surface area contributed by atoms with Crippen molar-refractivity contribution >= 4 is 28.7 Å². The van der Waals surface area contributed by atoms with Crippen LogP contribution in [0.3, 0.4) is 0 Å². The number of aliphatic hydroxyl groups is 1. The van der Waals surface area contributed by atoms with Crippen LogP contribution in [0.5, 0.6) is 0 Å². The van der Waals surface area contributed by atoms with Gasteiger partial charge in [0.2, 0.25) is 0 Å². The number of nitroso groups, excluding NO2 is 1. The first kappa shape index (κ1) is 15.9. The first-order chi connectivity index (χ1) is 11.5. The molecular formula is C18H16N2O4. The Hall–Kier alpha value is -3.02. The Morgan fingerprint density at radius 2 is 2.12 bits per heavy atom. The summed E-state index contributed by atoms with van der Waals surface area (Å²) in [5, 5.41) is 13.5. The van der Waals surface area contributed by atoms with E-state index in [9.17, 15) is 14.8 Å². The summed E-state index contributed by atoms with van der Waals surface area (Å²) in [6.45, 7) is 4.15. The lowest BCUT2D eigenvalue weighted by molar-refractivity contribution is -0.114. The molecule has 122 valence electrons. The second-order valence-corrected chi connectivity index (χ2v) is 5.67. The third-order valence-electron chi connectivity index (χ3n) is 4.03. The molecule has 0 bridgehead atoms. The third-order valence-corrected chi connectivity index (χ3v) is 4.03. The van der Waals surface area contributed by atoms with Gasteiger partial charge in [-0.05, 0) is 37.5 Å². The molecule has 1 N–H and O–H groups in total. The molecule has 0 saturated carbocycles. The number of para-hydroxylation sites is 1. The van der Waals surface area contributed by atoms with E-state index in [-0.39, 0.29) is 11.3 Å². The van der Waals surface area contributed by atoms with Gasteiger partial charge in [-0.2, -0.15) is 0 Å². The van der Waals surface area contributed by atoms with Crippen molar-refractivity contribution in [2.24, 2.45) is 10.2 Å². The maximum Gasteiger partial charge on any atom is 0.322 e. The monoisotopic (exact) mass is 324 g/mol. The molecule has 1 aromatic heterocycles. The fraction of sp³-hybridized carbons (Fsp3) is 0.222. The van der Waals surface area contributed by atoms with E-state index in [2.05, 4.69) is 10.2 Å². The predicted molar refractivity (Wildman–Crippen MR) is 92.1 cm³/mol. The lowest BCUT2D eigenvalue weighted by Crippen LogP contribution is -2.05. The minimum atomic E-state index is -1.05. The molecule has 24 heavy (non-hydrogen) atoms. The first-order valence-corrected chi connectivity index (χ1v) is 7.53. The molecule has 0 saturated heterocycles. The number of fused-ring (bicyclic) bond motifs is 3. The second kappa shape index (κ2) is 6.23. The number of furan rings is 1. The highest BCUT2D eigenvalue weighted by molar-refractivity contribution is 6.13. The summed E-state index contributed by atoms with van der Waals surface area (Å²) in [6, 6.07) is 5.94. The number of hydrogen-bond acceptors (Lipinski definition) is 5. The van der Waals surface area contributed by atoms with Crippen molar-refractivity contribution in [3.63, 3.8) is 0 Å². The number of aryl methyl sites for hydroxylation is 1. The molecule has 1 amide bonds. The van der Waals surface area contributed by atoms with Crippen LogP contribution < -0.4 is 0 Å². The van der Waals surface area contributed by atoms with Gasteiger partial charge in [-0.25, -0.2) is 0 Å². The Kier molecular flexibility index (Phi) is 4.12. The van der Waals surface area contributed by atoms with Gasteiger partial charge in [0, 0.05) is 28.9 Å². The van der Waals surface area contributed by atoms with E-state index in [4.69, 9.17) is 4.42 Å². The molecule has 0 atom stereocenters. The summed E-state index contributed by atoms with van der Waals surface area (Å²) in [5.74, 6) is -0.763. The summed E-state index contributed by atoms with van der Waals surface area (Å²) in [6.07, 6.45) is 3.21. The predicted octanol–water partition coefficient (Wildman–Crippen LogP) is 3.88. The molecule has 0 unspecified atom stereocenters. The van der Waals surface area contributed by atoms with Crippen LogP contribution in [-0.4, -0.2) is 23.8 Å². The van der Waals surface area contributed by atoms with Crippen LogP contribution in [0.4, 0.5) is 0 Å². The van der Waals surface area contributed by atoms with Crippen molar-refractivity contribution < 1.29 is 14.3 Å². The van der Waals surface area contributed by atoms with Crippen LogP contribution in [0.1, 0.15) is 23.8 Å². The van der Waals surface area contributed by atoms with E-state index in [1.165, 1.54) is 12.3 Å². The maximum absolute atomic E-state index is 11.5. The van der Waals surface area contributed by atoms with E-state index in [1.54, 1.807) is 6.92 Å². The zero-order valence-electron chi connectivity index (χ0n) is 13.4. The standard InChI is InChI=1S/C18H16N2O4/c1-10-4-3-5-12-13-6-7-19-9-14(18(22)20-23)15(21)8-11(2)17(13)24-16(10)12/h3-5,8-9,21H,6-7H2,1-2H3/b11-8+,15-14?,19-9?. The summed E-state index contributed by atoms with van der Waals surface area (Å²) in [7, 11) is 0. The van der Waals surface area contributed by atoms with Crippen LogP contribution in [0.25, 0.3) is 16.5 Å². The summed E-state index contributed by atoms with van der Waals surface area (Å²) in [5.41, 5.74) is 3.26. The van der Waals surface area contributed by atoms with Crippen LogP contribution in [0, 0.1) is 11.8 Å². The third kappa shape index (κ3) is 2.67. The van der Waals surface area contributed by atoms with Crippen molar-refractivity contribution in [3.8, 4) is 0 Å². The number of rotatable bonds is 1. The number of carbonyl (C=O) groups excluding carboxylic acids is 1. The highest BCUT2D eigenvalue weighted by Gasteiger charge is 2.19. The quantitative estimate of drug-likeness (QED) is 0.806. The second-order valence-electron chi connectivity index (χ2n) is 5.67. The summed E-state index contributed by atoms with van der Waals surface area (Å²) >= 11 is 0. The molecule has 3 rings (SSSR count).